The number of methoxy groups -OCH3 is 2. The zero-order chi connectivity index (χ0) is 19.9. The van der Waals surface area contributed by atoms with E-state index in [9.17, 15) is 13.2 Å². The average molecular weight is 392 g/mol. The maximum absolute atomic E-state index is 12.3. The molecule has 1 N–H and O–H groups in total. The smallest absolute Gasteiger partial charge is 0.240 e. The summed E-state index contributed by atoms with van der Waals surface area (Å²) in [5, 5.41) is 0. The Labute approximate surface area is 160 Å². The Balaban J connectivity index is 2.01. The lowest BCUT2D eigenvalue weighted by Gasteiger charge is -2.22. The SMILES string of the molecule is COc1ccc(CN(CCNS(=O)(=O)c2ccccc2)C(C)=O)cc1OC. The molecule has 0 heterocycles. The minimum absolute atomic E-state index is 0.115. The van der Waals surface area contributed by atoms with Crippen LogP contribution in [0.3, 0.4) is 0 Å². The van der Waals surface area contributed by atoms with Gasteiger partial charge in [-0.25, -0.2) is 13.1 Å². The quantitative estimate of drug-likeness (QED) is 0.706. The maximum atomic E-state index is 12.3. The van der Waals surface area contributed by atoms with Crippen LogP contribution in [0.5, 0.6) is 11.5 Å². The van der Waals surface area contributed by atoms with Gasteiger partial charge in [0.1, 0.15) is 0 Å². The van der Waals surface area contributed by atoms with Crippen molar-refractivity contribution >= 4 is 15.9 Å². The molecule has 0 aliphatic rings. The summed E-state index contributed by atoms with van der Waals surface area (Å²) in [6.07, 6.45) is 0. The Morgan fingerprint density at radius 3 is 2.30 bits per heavy atom. The molecule has 0 radical (unpaired) electrons. The van der Waals surface area contributed by atoms with Gasteiger partial charge in [-0.05, 0) is 29.8 Å². The van der Waals surface area contributed by atoms with E-state index in [-0.39, 0.29) is 23.9 Å². The van der Waals surface area contributed by atoms with Crippen molar-refractivity contribution in [2.24, 2.45) is 0 Å². The molecular weight excluding hydrogens is 368 g/mol. The molecule has 0 spiro atoms. The molecule has 27 heavy (non-hydrogen) atoms. The van der Waals surface area contributed by atoms with E-state index in [2.05, 4.69) is 4.72 Å². The highest BCUT2D eigenvalue weighted by atomic mass is 32.2. The first-order valence-electron chi connectivity index (χ1n) is 8.38. The lowest BCUT2D eigenvalue weighted by atomic mass is 10.2. The van der Waals surface area contributed by atoms with E-state index in [1.165, 1.54) is 19.1 Å². The highest BCUT2D eigenvalue weighted by Crippen LogP contribution is 2.28. The first-order chi connectivity index (χ1) is 12.9. The molecule has 0 bridgehead atoms. The van der Waals surface area contributed by atoms with Crippen molar-refractivity contribution in [3.8, 4) is 11.5 Å². The number of carbonyl (C=O) groups excluding carboxylic acids is 1. The van der Waals surface area contributed by atoms with Gasteiger partial charge in [0.25, 0.3) is 0 Å². The first kappa shape index (κ1) is 20.7. The van der Waals surface area contributed by atoms with E-state index >= 15 is 0 Å². The van der Waals surface area contributed by atoms with Gasteiger partial charge in [0.2, 0.25) is 15.9 Å². The van der Waals surface area contributed by atoms with Crippen molar-refractivity contribution in [3.63, 3.8) is 0 Å². The first-order valence-corrected chi connectivity index (χ1v) is 9.87. The van der Waals surface area contributed by atoms with Crippen LogP contribution < -0.4 is 14.2 Å². The minimum atomic E-state index is -3.60. The number of ether oxygens (including phenoxy) is 2. The number of rotatable bonds is 9. The third kappa shape index (κ3) is 5.70. The number of benzene rings is 2. The molecule has 2 aromatic carbocycles. The fourth-order valence-corrected chi connectivity index (χ4v) is 3.59. The highest BCUT2D eigenvalue weighted by Gasteiger charge is 2.15. The molecule has 2 rings (SSSR count). The lowest BCUT2D eigenvalue weighted by molar-refractivity contribution is -0.129. The highest BCUT2D eigenvalue weighted by molar-refractivity contribution is 7.89. The molecule has 0 aliphatic carbocycles. The second-order valence-corrected chi connectivity index (χ2v) is 7.61. The van der Waals surface area contributed by atoms with E-state index in [1.54, 1.807) is 49.5 Å². The molecule has 0 saturated heterocycles. The van der Waals surface area contributed by atoms with Crippen LogP contribution in [0.25, 0.3) is 0 Å². The predicted molar refractivity (Wildman–Crippen MR) is 102 cm³/mol. The van der Waals surface area contributed by atoms with Crippen molar-refractivity contribution < 1.29 is 22.7 Å². The monoisotopic (exact) mass is 392 g/mol. The molecule has 0 aliphatic heterocycles. The number of sulfonamides is 1. The Morgan fingerprint density at radius 2 is 1.70 bits per heavy atom. The number of hydrogen-bond acceptors (Lipinski definition) is 5. The molecule has 0 aromatic heterocycles. The fraction of sp³-hybridized carbons (Fsp3) is 0.316. The lowest BCUT2D eigenvalue weighted by Crippen LogP contribution is -2.37. The predicted octanol–water partition coefficient (Wildman–Crippen LogP) is 2.03. The van der Waals surface area contributed by atoms with E-state index < -0.39 is 10.0 Å². The standard InChI is InChI=1S/C19H24N2O5S/c1-15(22)21(14-16-9-10-18(25-2)19(13-16)26-3)12-11-20-27(23,24)17-7-5-4-6-8-17/h4-10,13,20H,11-12,14H2,1-3H3. The van der Waals surface area contributed by atoms with Crippen LogP contribution in [0.4, 0.5) is 0 Å². The van der Waals surface area contributed by atoms with Crippen molar-refractivity contribution in [1.82, 2.24) is 9.62 Å². The Bertz CT molecular complexity index is 869. The molecule has 2 aromatic rings. The van der Waals surface area contributed by atoms with Crippen LogP contribution >= 0.6 is 0 Å². The third-order valence-corrected chi connectivity index (χ3v) is 5.47. The van der Waals surface area contributed by atoms with Gasteiger partial charge in [-0.15, -0.1) is 0 Å². The van der Waals surface area contributed by atoms with Crippen LogP contribution in [-0.2, 0) is 21.4 Å². The van der Waals surface area contributed by atoms with Crippen LogP contribution in [-0.4, -0.2) is 46.5 Å². The van der Waals surface area contributed by atoms with Crippen molar-refractivity contribution in [1.29, 1.82) is 0 Å². The maximum Gasteiger partial charge on any atom is 0.240 e. The topological polar surface area (TPSA) is 84.9 Å². The number of nitrogens with zero attached hydrogens (tertiary/aromatic N) is 1. The summed E-state index contributed by atoms with van der Waals surface area (Å²) in [7, 11) is -0.500. The van der Waals surface area contributed by atoms with Gasteiger partial charge in [-0.2, -0.15) is 0 Å². The van der Waals surface area contributed by atoms with Gasteiger partial charge in [0.05, 0.1) is 19.1 Å². The van der Waals surface area contributed by atoms with Gasteiger partial charge in [-0.3, -0.25) is 4.79 Å². The summed E-state index contributed by atoms with van der Waals surface area (Å²) in [6.45, 7) is 2.15. The van der Waals surface area contributed by atoms with Gasteiger partial charge in [-0.1, -0.05) is 24.3 Å². The summed E-state index contributed by atoms with van der Waals surface area (Å²) < 4.78 is 37.5. The van der Waals surface area contributed by atoms with Gasteiger partial charge in [0.15, 0.2) is 11.5 Å². The van der Waals surface area contributed by atoms with E-state index in [4.69, 9.17) is 9.47 Å². The number of carbonyl (C=O) groups is 1. The molecule has 7 nitrogen and oxygen atoms in total. The second-order valence-electron chi connectivity index (χ2n) is 5.84. The molecular formula is C19H24N2O5S. The van der Waals surface area contributed by atoms with Crippen molar-refractivity contribution in [2.45, 2.75) is 18.4 Å². The molecule has 0 saturated carbocycles. The van der Waals surface area contributed by atoms with E-state index in [0.29, 0.717) is 18.0 Å². The molecule has 8 heteroatoms. The second kappa shape index (κ2) is 9.38. The molecule has 0 atom stereocenters. The third-order valence-electron chi connectivity index (χ3n) is 3.99. The number of nitrogens with one attached hydrogen (secondary N) is 1. The fourth-order valence-electron chi connectivity index (χ4n) is 2.55. The molecule has 0 unspecified atom stereocenters. The van der Waals surface area contributed by atoms with Crippen molar-refractivity contribution in [3.05, 3.63) is 54.1 Å². The van der Waals surface area contributed by atoms with E-state index in [1.807, 2.05) is 6.07 Å². The summed E-state index contributed by atoms with van der Waals surface area (Å²) in [5.74, 6) is 1.03. The van der Waals surface area contributed by atoms with Gasteiger partial charge >= 0.3 is 0 Å². The van der Waals surface area contributed by atoms with Crippen molar-refractivity contribution in [2.75, 3.05) is 27.3 Å². The largest absolute Gasteiger partial charge is 0.493 e. The average Bonchev–Trinajstić information content (AvgIpc) is 2.67. The minimum Gasteiger partial charge on any atom is -0.493 e. The molecule has 146 valence electrons. The Hall–Kier alpha value is -2.58. The van der Waals surface area contributed by atoms with Crippen LogP contribution in [0, 0.1) is 0 Å². The van der Waals surface area contributed by atoms with Crippen LogP contribution in [0.1, 0.15) is 12.5 Å². The Kier molecular flexibility index (Phi) is 7.20. The Morgan fingerprint density at radius 1 is 1.04 bits per heavy atom. The molecule has 1 amide bonds. The summed E-state index contributed by atoms with van der Waals surface area (Å²) >= 11 is 0. The number of amides is 1. The van der Waals surface area contributed by atoms with Gasteiger partial charge < -0.3 is 14.4 Å². The summed E-state index contributed by atoms with van der Waals surface area (Å²) in [5.41, 5.74) is 0.855. The van der Waals surface area contributed by atoms with Crippen LogP contribution in [0.2, 0.25) is 0 Å². The van der Waals surface area contributed by atoms with E-state index in [0.717, 1.165) is 5.56 Å². The molecule has 0 fully saturated rings. The van der Waals surface area contributed by atoms with Gasteiger partial charge in [0, 0.05) is 26.6 Å². The summed E-state index contributed by atoms with van der Waals surface area (Å²) in [4.78, 5) is 13.7. The number of hydrogen-bond donors (Lipinski definition) is 1. The zero-order valence-electron chi connectivity index (χ0n) is 15.6. The summed E-state index contributed by atoms with van der Waals surface area (Å²) in [6, 6.07) is 13.5. The zero-order valence-corrected chi connectivity index (χ0v) is 16.5. The van der Waals surface area contributed by atoms with Crippen LogP contribution in [0.15, 0.2) is 53.4 Å². The normalized spacial score (nSPS) is 11.1.